The summed E-state index contributed by atoms with van der Waals surface area (Å²) in [7, 11) is 0. The molecule has 0 amide bonds. The summed E-state index contributed by atoms with van der Waals surface area (Å²) >= 11 is 0. The van der Waals surface area contributed by atoms with Crippen molar-refractivity contribution in [3.8, 4) is 11.1 Å². The maximum absolute atomic E-state index is 13.0. The zero-order valence-corrected chi connectivity index (χ0v) is 19.3. The molecule has 6 heteroatoms. The summed E-state index contributed by atoms with van der Waals surface area (Å²) in [6.45, 7) is 4.48. The average molecular weight is 446 g/mol. The number of carboxylic acid groups (broad SMARTS) is 1. The van der Waals surface area contributed by atoms with Crippen LogP contribution in [0.25, 0.3) is 11.1 Å². The number of aromatic nitrogens is 3. The van der Waals surface area contributed by atoms with Gasteiger partial charge in [0.25, 0.3) is 0 Å². The van der Waals surface area contributed by atoms with Crippen molar-refractivity contribution in [2.45, 2.75) is 52.4 Å². The molecule has 1 saturated carbocycles. The van der Waals surface area contributed by atoms with Crippen molar-refractivity contribution >= 4 is 11.8 Å². The molecule has 0 aliphatic heterocycles. The number of Topliss-reactive ketones (excluding diaryl/α,β-unsaturated/α-hetero) is 1. The molecule has 1 aromatic heterocycles. The Morgan fingerprint density at radius 1 is 1.09 bits per heavy atom. The number of nitrogens with one attached hydrogen (secondary N) is 1. The molecule has 0 radical (unpaired) electrons. The van der Waals surface area contributed by atoms with Crippen molar-refractivity contribution in [3.05, 3.63) is 71.3 Å². The average Bonchev–Trinajstić information content (AvgIpc) is 3.27. The van der Waals surface area contributed by atoms with E-state index in [1.165, 1.54) is 12.8 Å². The fourth-order valence-corrected chi connectivity index (χ4v) is 4.99. The zero-order valence-electron chi connectivity index (χ0n) is 19.3. The maximum atomic E-state index is 13.0. The lowest BCUT2D eigenvalue weighted by Crippen LogP contribution is -2.24. The van der Waals surface area contributed by atoms with Crippen LogP contribution in [0.15, 0.2) is 48.5 Å². The van der Waals surface area contributed by atoms with E-state index in [0.717, 1.165) is 30.4 Å². The SMILES string of the molecule is CC(C)CC1CCCC(C(=O)c2n[nH]c(Cc3ccc(-c4ccccc4C(=O)O)cc3)n2)C1. The van der Waals surface area contributed by atoms with E-state index in [0.29, 0.717) is 35.5 Å². The van der Waals surface area contributed by atoms with E-state index in [9.17, 15) is 14.7 Å². The quantitative estimate of drug-likeness (QED) is 0.428. The van der Waals surface area contributed by atoms with Crippen LogP contribution in [-0.2, 0) is 6.42 Å². The number of carbonyl (C=O) groups is 2. The number of ketones is 1. The second-order valence-electron chi connectivity index (χ2n) is 9.55. The predicted octanol–water partition coefficient (Wildman–Crippen LogP) is 5.80. The highest BCUT2D eigenvalue weighted by molar-refractivity contribution is 5.96. The summed E-state index contributed by atoms with van der Waals surface area (Å²) in [6, 6.07) is 14.7. The fourth-order valence-electron chi connectivity index (χ4n) is 4.99. The lowest BCUT2D eigenvalue weighted by atomic mass is 9.76. The number of carbonyl (C=O) groups excluding carboxylic acids is 1. The van der Waals surface area contributed by atoms with Crippen molar-refractivity contribution in [2.75, 3.05) is 0 Å². The molecule has 1 aliphatic rings. The van der Waals surface area contributed by atoms with E-state index < -0.39 is 5.97 Å². The number of aromatic amines is 1. The smallest absolute Gasteiger partial charge is 0.336 e. The third-order valence-electron chi connectivity index (χ3n) is 6.50. The largest absolute Gasteiger partial charge is 0.478 e. The van der Waals surface area contributed by atoms with E-state index in [1.807, 2.05) is 36.4 Å². The van der Waals surface area contributed by atoms with E-state index >= 15 is 0 Å². The van der Waals surface area contributed by atoms with Crippen molar-refractivity contribution < 1.29 is 14.7 Å². The molecule has 0 spiro atoms. The molecule has 1 fully saturated rings. The number of rotatable bonds is 8. The van der Waals surface area contributed by atoms with Crippen molar-refractivity contribution in [1.82, 2.24) is 15.2 Å². The summed E-state index contributed by atoms with van der Waals surface area (Å²) in [5, 5.41) is 16.6. The van der Waals surface area contributed by atoms with Crippen LogP contribution in [0.3, 0.4) is 0 Å². The fraction of sp³-hybridized carbons (Fsp3) is 0.407. The highest BCUT2D eigenvalue weighted by Crippen LogP contribution is 2.34. The van der Waals surface area contributed by atoms with Gasteiger partial charge in [-0.05, 0) is 53.9 Å². The summed E-state index contributed by atoms with van der Waals surface area (Å²) in [5.74, 6) is 1.38. The standard InChI is InChI=1S/C27H31N3O3/c1-17(2)14-19-6-5-7-21(15-19)25(31)26-28-24(29-30-26)16-18-10-12-20(13-11-18)22-8-3-4-9-23(22)27(32)33/h3-4,8-13,17,19,21H,5-7,14-16H2,1-2H3,(H,32,33)(H,28,29,30). The number of carboxylic acids is 1. The Labute approximate surface area is 194 Å². The Morgan fingerprint density at radius 2 is 1.85 bits per heavy atom. The van der Waals surface area contributed by atoms with Gasteiger partial charge in [-0.25, -0.2) is 9.78 Å². The summed E-state index contributed by atoms with van der Waals surface area (Å²) < 4.78 is 0. The Kier molecular flexibility index (Phi) is 7.02. The van der Waals surface area contributed by atoms with Gasteiger partial charge in [0.15, 0.2) is 0 Å². The molecule has 2 unspecified atom stereocenters. The molecule has 2 N–H and O–H groups in total. The minimum Gasteiger partial charge on any atom is -0.478 e. The third-order valence-corrected chi connectivity index (χ3v) is 6.50. The molecule has 33 heavy (non-hydrogen) atoms. The van der Waals surface area contributed by atoms with Gasteiger partial charge in [0.05, 0.1) is 5.56 Å². The first-order chi connectivity index (χ1) is 15.9. The Balaban J connectivity index is 1.42. The molecular formula is C27H31N3O3. The van der Waals surface area contributed by atoms with Crippen LogP contribution in [0, 0.1) is 17.8 Å². The lowest BCUT2D eigenvalue weighted by Gasteiger charge is -2.28. The van der Waals surface area contributed by atoms with E-state index in [2.05, 4.69) is 29.0 Å². The first-order valence-electron chi connectivity index (χ1n) is 11.8. The normalized spacial score (nSPS) is 18.4. The Bertz CT molecular complexity index is 1120. The lowest BCUT2D eigenvalue weighted by molar-refractivity contribution is 0.0697. The Morgan fingerprint density at radius 3 is 2.58 bits per heavy atom. The van der Waals surface area contributed by atoms with Crippen LogP contribution in [-0.4, -0.2) is 32.0 Å². The van der Waals surface area contributed by atoms with Gasteiger partial charge in [0.1, 0.15) is 5.82 Å². The highest BCUT2D eigenvalue weighted by atomic mass is 16.4. The van der Waals surface area contributed by atoms with Gasteiger partial charge in [0.2, 0.25) is 11.6 Å². The van der Waals surface area contributed by atoms with Crippen molar-refractivity contribution in [3.63, 3.8) is 0 Å². The van der Waals surface area contributed by atoms with Crippen LogP contribution in [0.2, 0.25) is 0 Å². The van der Waals surface area contributed by atoms with Crippen molar-refractivity contribution in [2.24, 2.45) is 17.8 Å². The van der Waals surface area contributed by atoms with Crippen LogP contribution < -0.4 is 0 Å². The van der Waals surface area contributed by atoms with E-state index in [1.54, 1.807) is 12.1 Å². The van der Waals surface area contributed by atoms with Gasteiger partial charge in [-0.1, -0.05) is 69.2 Å². The van der Waals surface area contributed by atoms with Crippen LogP contribution >= 0.6 is 0 Å². The molecule has 2 aromatic carbocycles. The molecule has 172 valence electrons. The Hall–Kier alpha value is -3.28. The first-order valence-corrected chi connectivity index (χ1v) is 11.8. The van der Waals surface area contributed by atoms with Crippen molar-refractivity contribution in [1.29, 1.82) is 0 Å². The van der Waals surface area contributed by atoms with Gasteiger partial charge in [-0.15, -0.1) is 0 Å². The number of hydrogen-bond donors (Lipinski definition) is 2. The molecule has 0 saturated heterocycles. The van der Waals surface area contributed by atoms with Gasteiger partial charge in [-0.3, -0.25) is 9.89 Å². The molecule has 3 aromatic rings. The van der Waals surface area contributed by atoms with Crippen LogP contribution in [0.1, 0.15) is 78.3 Å². The van der Waals surface area contributed by atoms with Crippen LogP contribution in [0.4, 0.5) is 0 Å². The number of nitrogens with zero attached hydrogens (tertiary/aromatic N) is 2. The molecule has 6 nitrogen and oxygen atoms in total. The monoisotopic (exact) mass is 445 g/mol. The minimum absolute atomic E-state index is 0.0275. The molecule has 1 aliphatic carbocycles. The second-order valence-corrected chi connectivity index (χ2v) is 9.55. The zero-order chi connectivity index (χ0) is 23.4. The second kappa shape index (κ2) is 10.1. The van der Waals surface area contributed by atoms with Gasteiger partial charge >= 0.3 is 5.97 Å². The number of benzene rings is 2. The van der Waals surface area contributed by atoms with Gasteiger partial charge < -0.3 is 5.11 Å². The summed E-state index contributed by atoms with van der Waals surface area (Å²) in [5.41, 5.74) is 2.82. The number of hydrogen-bond acceptors (Lipinski definition) is 4. The molecule has 0 bridgehead atoms. The minimum atomic E-state index is -0.943. The van der Waals surface area contributed by atoms with Crippen LogP contribution in [0.5, 0.6) is 0 Å². The molecule has 1 heterocycles. The highest BCUT2D eigenvalue weighted by Gasteiger charge is 2.30. The molecular weight excluding hydrogens is 414 g/mol. The number of H-pyrrole nitrogens is 1. The predicted molar refractivity (Wildman–Crippen MR) is 127 cm³/mol. The van der Waals surface area contributed by atoms with E-state index in [4.69, 9.17) is 0 Å². The van der Waals surface area contributed by atoms with Gasteiger partial charge in [0, 0.05) is 12.3 Å². The number of aromatic carboxylic acids is 1. The maximum Gasteiger partial charge on any atom is 0.336 e. The van der Waals surface area contributed by atoms with Gasteiger partial charge in [-0.2, -0.15) is 5.10 Å². The first kappa shape index (κ1) is 22.9. The molecule has 4 rings (SSSR count). The third kappa shape index (κ3) is 5.56. The van der Waals surface area contributed by atoms with E-state index in [-0.39, 0.29) is 17.3 Å². The summed E-state index contributed by atoms with van der Waals surface area (Å²) in [6.07, 6.45) is 5.89. The summed E-state index contributed by atoms with van der Waals surface area (Å²) in [4.78, 5) is 29.0. The molecule has 2 atom stereocenters. The topological polar surface area (TPSA) is 95.9 Å².